The van der Waals surface area contributed by atoms with Crippen molar-refractivity contribution < 1.29 is 14.3 Å². The van der Waals surface area contributed by atoms with Gasteiger partial charge in [0, 0.05) is 24.4 Å². The lowest BCUT2D eigenvalue weighted by atomic mass is 10.1. The molecule has 1 aliphatic carbocycles. The summed E-state index contributed by atoms with van der Waals surface area (Å²) in [6, 6.07) is 21.9. The van der Waals surface area contributed by atoms with E-state index in [1.165, 1.54) is 7.11 Å². The molecule has 4 aromatic rings. The van der Waals surface area contributed by atoms with Crippen molar-refractivity contribution in [1.82, 2.24) is 9.55 Å². The van der Waals surface area contributed by atoms with Gasteiger partial charge in [0.2, 0.25) is 5.91 Å². The first-order valence-corrected chi connectivity index (χ1v) is 12.4. The number of carbonyl (C=O) groups is 2. The lowest BCUT2D eigenvalue weighted by molar-refractivity contribution is -0.117. The number of methoxy groups -OCH3 is 1. The molecule has 1 amide bonds. The minimum absolute atomic E-state index is 0.0157. The predicted octanol–water partition coefficient (Wildman–Crippen LogP) is 5.74. The Bertz CT molecular complexity index is 1450. The molecule has 1 aliphatic rings. The van der Waals surface area contributed by atoms with E-state index in [-0.39, 0.29) is 11.8 Å². The predicted molar refractivity (Wildman–Crippen MR) is 147 cm³/mol. The number of carbonyl (C=O) groups excluding carboxylic acids is 2. The molecule has 37 heavy (non-hydrogen) atoms. The van der Waals surface area contributed by atoms with Crippen molar-refractivity contribution in [2.24, 2.45) is 5.92 Å². The average molecular weight is 495 g/mol. The molecular formula is C30H30N4O3. The molecule has 0 aliphatic heterocycles. The van der Waals surface area contributed by atoms with Gasteiger partial charge in [0.25, 0.3) is 0 Å². The Hall–Kier alpha value is -4.39. The molecule has 0 bridgehead atoms. The van der Waals surface area contributed by atoms with E-state index in [0.717, 1.165) is 35.2 Å². The number of hydrogen-bond donors (Lipinski definition) is 2. The van der Waals surface area contributed by atoms with Crippen LogP contribution in [-0.2, 0) is 16.1 Å². The normalized spacial score (nSPS) is 13.4. The molecule has 0 atom stereocenters. The second kappa shape index (κ2) is 10.7. The maximum atomic E-state index is 13.0. The van der Waals surface area contributed by atoms with Gasteiger partial charge in [-0.15, -0.1) is 0 Å². The van der Waals surface area contributed by atoms with Gasteiger partial charge < -0.3 is 19.9 Å². The smallest absolute Gasteiger partial charge is 0.356 e. The third-order valence-corrected chi connectivity index (χ3v) is 6.44. The van der Waals surface area contributed by atoms with Crippen molar-refractivity contribution in [2.75, 3.05) is 24.3 Å². The van der Waals surface area contributed by atoms with Crippen molar-refractivity contribution in [3.05, 3.63) is 95.3 Å². The zero-order valence-corrected chi connectivity index (χ0v) is 21.0. The minimum atomic E-state index is -0.517. The van der Waals surface area contributed by atoms with Gasteiger partial charge >= 0.3 is 5.97 Å². The highest BCUT2D eigenvalue weighted by atomic mass is 16.5. The lowest BCUT2D eigenvalue weighted by Crippen LogP contribution is -2.18. The fourth-order valence-electron chi connectivity index (χ4n) is 4.37. The number of benzene rings is 2. The van der Waals surface area contributed by atoms with Gasteiger partial charge in [-0.3, -0.25) is 4.79 Å². The first kappa shape index (κ1) is 24.3. The third kappa shape index (κ3) is 5.56. The lowest BCUT2D eigenvalue weighted by Gasteiger charge is -2.11. The van der Waals surface area contributed by atoms with Crippen molar-refractivity contribution in [3.63, 3.8) is 0 Å². The summed E-state index contributed by atoms with van der Waals surface area (Å²) >= 11 is 0. The van der Waals surface area contributed by atoms with Crippen LogP contribution in [0.2, 0.25) is 0 Å². The highest BCUT2D eigenvalue weighted by Gasteiger charge is 2.33. The van der Waals surface area contributed by atoms with E-state index >= 15 is 0 Å². The molecule has 1 fully saturated rings. The van der Waals surface area contributed by atoms with Crippen LogP contribution < -0.4 is 10.6 Å². The minimum Gasteiger partial charge on any atom is -0.464 e. The molecule has 7 nitrogen and oxygen atoms in total. The molecule has 2 N–H and O–H groups in total. The van der Waals surface area contributed by atoms with Crippen LogP contribution in [0.25, 0.3) is 17.1 Å². The Kier molecular flexibility index (Phi) is 7.03. The number of rotatable bonds is 9. The van der Waals surface area contributed by atoms with Crippen LogP contribution in [0, 0.1) is 5.92 Å². The first-order valence-electron chi connectivity index (χ1n) is 12.4. The molecule has 7 heteroatoms. The Morgan fingerprint density at radius 3 is 2.46 bits per heavy atom. The summed E-state index contributed by atoms with van der Waals surface area (Å²) in [6.07, 6.45) is 5.61. The monoisotopic (exact) mass is 494 g/mol. The molecule has 2 aromatic carbocycles. The van der Waals surface area contributed by atoms with E-state index in [2.05, 4.69) is 35.8 Å². The van der Waals surface area contributed by atoms with Crippen LogP contribution in [-0.4, -0.2) is 35.1 Å². The fraction of sp³-hybridized carbons (Fsp3) is 0.233. The summed E-state index contributed by atoms with van der Waals surface area (Å²) in [5.41, 5.74) is 5.45. The number of nitrogens with one attached hydrogen (secondary N) is 2. The highest BCUT2D eigenvalue weighted by molar-refractivity contribution is 6.12. The Labute approximate surface area is 216 Å². The number of hydrogen-bond acceptors (Lipinski definition) is 5. The summed E-state index contributed by atoms with van der Waals surface area (Å²) in [6.45, 7) is 3.11. The SMILES string of the molecule is COC(=O)c1c(NC(=O)C2CC2)c2cc(NC/C(C)=C/c3ccccc3)cnc2n1Cc1ccccc1. The fourth-order valence-corrected chi connectivity index (χ4v) is 4.37. The molecule has 5 rings (SSSR count). The molecule has 1 saturated carbocycles. The molecular weight excluding hydrogens is 464 g/mol. The third-order valence-electron chi connectivity index (χ3n) is 6.44. The standard InChI is InChI=1S/C30H30N4O3/c1-20(15-21-9-5-3-6-10-21)17-31-24-16-25-26(33-29(35)23-13-14-23)27(30(36)37-2)34(28(25)32-18-24)19-22-11-7-4-8-12-22/h3-12,15-16,18,23,31H,13-14,17,19H2,1-2H3,(H,33,35)/b20-15+. The van der Waals surface area contributed by atoms with E-state index in [0.29, 0.717) is 35.5 Å². The topological polar surface area (TPSA) is 85.2 Å². The van der Waals surface area contributed by atoms with Crippen LogP contribution in [0.15, 0.2) is 78.5 Å². The van der Waals surface area contributed by atoms with Crippen LogP contribution in [0.4, 0.5) is 11.4 Å². The molecule has 0 radical (unpaired) electrons. The number of amides is 1. The Morgan fingerprint density at radius 1 is 1.08 bits per heavy atom. The summed E-state index contributed by atoms with van der Waals surface area (Å²) in [5, 5.41) is 7.14. The highest BCUT2D eigenvalue weighted by Crippen LogP contribution is 2.36. The van der Waals surface area contributed by atoms with Gasteiger partial charge in [-0.05, 0) is 37.0 Å². The number of fused-ring (bicyclic) bond motifs is 1. The van der Waals surface area contributed by atoms with Gasteiger partial charge in [-0.2, -0.15) is 0 Å². The maximum Gasteiger partial charge on any atom is 0.356 e. The Balaban J connectivity index is 1.53. The second-order valence-corrected chi connectivity index (χ2v) is 9.40. The molecule has 0 saturated heterocycles. The van der Waals surface area contributed by atoms with E-state index < -0.39 is 5.97 Å². The molecule has 188 valence electrons. The number of anilines is 2. The molecule has 0 unspecified atom stereocenters. The zero-order chi connectivity index (χ0) is 25.8. The molecule has 2 aromatic heterocycles. The van der Waals surface area contributed by atoms with Crippen molar-refractivity contribution in [3.8, 4) is 0 Å². The van der Waals surface area contributed by atoms with Crippen molar-refractivity contribution in [2.45, 2.75) is 26.3 Å². The van der Waals surface area contributed by atoms with Gasteiger partial charge in [-0.1, -0.05) is 72.3 Å². The van der Waals surface area contributed by atoms with Gasteiger partial charge in [-0.25, -0.2) is 9.78 Å². The van der Waals surface area contributed by atoms with Crippen molar-refractivity contribution >= 4 is 40.4 Å². The maximum absolute atomic E-state index is 13.0. The van der Waals surface area contributed by atoms with Crippen molar-refractivity contribution in [1.29, 1.82) is 0 Å². The number of aromatic nitrogens is 2. The first-order chi connectivity index (χ1) is 18.0. The van der Waals surface area contributed by atoms with Gasteiger partial charge in [0.15, 0.2) is 5.69 Å². The summed E-state index contributed by atoms with van der Waals surface area (Å²) < 4.78 is 6.97. The quantitative estimate of drug-likeness (QED) is 0.290. The van der Waals surface area contributed by atoms with Crippen LogP contribution >= 0.6 is 0 Å². The average Bonchev–Trinajstić information content (AvgIpc) is 3.74. The number of ether oxygens (including phenoxy) is 1. The Morgan fingerprint density at radius 2 is 1.78 bits per heavy atom. The largest absolute Gasteiger partial charge is 0.464 e. The van der Waals surface area contributed by atoms with Gasteiger partial charge in [0.1, 0.15) is 5.65 Å². The van der Waals surface area contributed by atoms with Crippen LogP contribution in [0.3, 0.4) is 0 Å². The zero-order valence-electron chi connectivity index (χ0n) is 21.0. The summed E-state index contributed by atoms with van der Waals surface area (Å²) in [7, 11) is 1.35. The van der Waals surface area contributed by atoms with E-state index in [1.807, 2.05) is 59.2 Å². The van der Waals surface area contributed by atoms with Gasteiger partial charge in [0.05, 0.1) is 24.7 Å². The molecule has 0 spiro atoms. The van der Waals surface area contributed by atoms with E-state index in [4.69, 9.17) is 9.72 Å². The number of nitrogens with zero attached hydrogens (tertiary/aromatic N) is 2. The van der Waals surface area contributed by atoms with Crippen LogP contribution in [0.5, 0.6) is 0 Å². The van der Waals surface area contributed by atoms with E-state index in [9.17, 15) is 9.59 Å². The summed E-state index contributed by atoms with van der Waals surface area (Å²) in [5.74, 6) is -0.613. The van der Waals surface area contributed by atoms with E-state index in [1.54, 1.807) is 6.20 Å². The number of esters is 1. The second-order valence-electron chi connectivity index (χ2n) is 9.40. The summed E-state index contributed by atoms with van der Waals surface area (Å²) in [4.78, 5) is 30.5. The van der Waals surface area contributed by atoms with Crippen LogP contribution in [0.1, 0.15) is 41.4 Å². The number of pyridine rings is 1. The molecule has 2 heterocycles.